The normalized spacial score (nSPS) is 12.3. The summed E-state index contributed by atoms with van der Waals surface area (Å²) >= 11 is 0. The molecule has 18 heavy (non-hydrogen) atoms. The van der Waals surface area contributed by atoms with Crippen molar-refractivity contribution in [2.45, 2.75) is 46.1 Å². The molecule has 0 saturated carbocycles. The first-order valence-corrected chi connectivity index (χ1v) is 6.41. The molecule has 1 aromatic carbocycles. The standard InChI is InChI=1S/C16H22O2/c1-5-9-14(13-10-7-6-8-11-13)12-15(17)18-16(2,3)4/h6-8,10-12H,5,9H2,1-4H3/b14-12+. The van der Waals surface area contributed by atoms with Crippen LogP contribution in [-0.4, -0.2) is 11.6 Å². The Bertz CT molecular complexity index is 410. The number of hydrogen-bond donors (Lipinski definition) is 0. The molecular weight excluding hydrogens is 224 g/mol. The van der Waals surface area contributed by atoms with Crippen molar-refractivity contribution < 1.29 is 9.53 Å². The van der Waals surface area contributed by atoms with Gasteiger partial charge in [0.2, 0.25) is 0 Å². The molecule has 0 heterocycles. The molecule has 0 saturated heterocycles. The topological polar surface area (TPSA) is 26.3 Å². The number of ether oxygens (including phenoxy) is 1. The average Bonchev–Trinajstić information content (AvgIpc) is 2.27. The molecule has 0 bridgehead atoms. The molecule has 0 amide bonds. The van der Waals surface area contributed by atoms with Crippen LogP contribution in [0.3, 0.4) is 0 Å². The Morgan fingerprint density at radius 2 is 1.83 bits per heavy atom. The predicted molar refractivity (Wildman–Crippen MR) is 75.2 cm³/mol. The van der Waals surface area contributed by atoms with Crippen molar-refractivity contribution in [1.82, 2.24) is 0 Å². The van der Waals surface area contributed by atoms with Crippen LogP contribution in [0.25, 0.3) is 5.57 Å². The summed E-state index contributed by atoms with van der Waals surface area (Å²) in [6.45, 7) is 7.73. The second-order valence-electron chi connectivity index (χ2n) is 5.32. The number of rotatable bonds is 4. The Hall–Kier alpha value is -1.57. The zero-order valence-corrected chi connectivity index (χ0v) is 11.7. The quantitative estimate of drug-likeness (QED) is 0.587. The Morgan fingerprint density at radius 3 is 2.33 bits per heavy atom. The van der Waals surface area contributed by atoms with Crippen molar-refractivity contribution in [3.8, 4) is 0 Å². The predicted octanol–water partition coefficient (Wildman–Crippen LogP) is 4.21. The largest absolute Gasteiger partial charge is 0.457 e. The van der Waals surface area contributed by atoms with E-state index in [2.05, 4.69) is 6.92 Å². The third kappa shape index (κ3) is 5.17. The molecule has 1 rings (SSSR count). The first-order valence-electron chi connectivity index (χ1n) is 6.41. The molecule has 0 aliphatic heterocycles. The molecule has 0 fully saturated rings. The van der Waals surface area contributed by atoms with Gasteiger partial charge in [-0.1, -0.05) is 43.7 Å². The van der Waals surface area contributed by atoms with Crippen LogP contribution in [-0.2, 0) is 9.53 Å². The van der Waals surface area contributed by atoms with Gasteiger partial charge in [0.15, 0.2) is 0 Å². The number of hydrogen-bond acceptors (Lipinski definition) is 2. The summed E-state index contributed by atoms with van der Waals surface area (Å²) in [5.41, 5.74) is 1.68. The lowest BCUT2D eigenvalue weighted by atomic mass is 10.0. The first kappa shape index (κ1) is 14.5. The van der Waals surface area contributed by atoms with Gasteiger partial charge < -0.3 is 4.74 Å². The summed E-state index contributed by atoms with van der Waals surface area (Å²) in [4.78, 5) is 11.8. The van der Waals surface area contributed by atoms with E-state index in [0.29, 0.717) is 0 Å². The van der Waals surface area contributed by atoms with E-state index in [1.165, 1.54) is 0 Å². The average molecular weight is 246 g/mol. The second kappa shape index (κ2) is 6.39. The second-order valence-corrected chi connectivity index (χ2v) is 5.32. The van der Waals surface area contributed by atoms with E-state index in [0.717, 1.165) is 24.0 Å². The highest BCUT2D eigenvalue weighted by Crippen LogP contribution is 2.20. The number of carbonyl (C=O) groups is 1. The minimum atomic E-state index is -0.443. The summed E-state index contributed by atoms with van der Waals surface area (Å²) in [5, 5.41) is 0. The van der Waals surface area contributed by atoms with Gasteiger partial charge in [0.25, 0.3) is 0 Å². The first-order chi connectivity index (χ1) is 8.42. The maximum absolute atomic E-state index is 11.8. The van der Waals surface area contributed by atoms with Crippen molar-refractivity contribution in [1.29, 1.82) is 0 Å². The highest BCUT2D eigenvalue weighted by atomic mass is 16.6. The molecule has 98 valence electrons. The van der Waals surface area contributed by atoms with Gasteiger partial charge in [-0.05, 0) is 38.3 Å². The van der Waals surface area contributed by atoms with Crippen LogP contribution in [0.1, 0.15) is 46.1 Å². The van der Waals surface area contributed by atoms with Gasteiger partial charge in [-0.25, -0.2) is 4.79 Å². The van der Waals surface area contributed by atoms with E-state index in [9.17, 15) is 4.79 Å². The Kier molecular flexibility index (Phi) is 5.14. The highest BCUT2D eigenvalue weighted by molar-refractivity contribution is 5.91. The summed E-state index contributed by atoms with van der Waals surface area (Å²) in [5.74, 6) is -0.269. The Labute approximate surface area is 110 Å². The molecule has 2 heteroatoms. The van der Waals surface area contributed by atoms with Crippen molar-refractivity contribution in [3.05, 3.63) is 42.0 Å². The van der Waals surface area contributed by atoms with Gasteiger partial charge in [0, 0.05) is 6.08 Å². The summed E-state index contributed by atoms with van der Waals surface area (Å²) in [7, 11) is 0. The molecule has 0 aliphatic carbocycles. The van der Waals surface area contributed by atoms with Crippen molar-refractivity contribution >= 4 is 11.5 Å². The molecular formula is C16H22O2. The SMILES string of the molecule is CCC/C(=C\C(=O)OC(C)(C)C)c1ccccc1. The number of allylic oxidation sites excluding steroid dienone is 1. The van der Waals surface area contributed by atoms with Gasteiger partial charge in [0.05, 0.1) is 0 Å². The van der Waals surface area contributed by atoms with Crippen molar-refractivity contribution in [2.75, 3.05) is 0 Å². The number of esters is 1. The Balaban J connectivity index is 2.89. The van der Waals surface area contributed by atoms with E-state index in [-0.39, 0.29) is 5.97 Å². The molecule has 0 radical (unpaired) electrons. The minimum absolute atomic E-state index is 0.269. The number of carbonyl (C=O) groups excluding carboxylic acids is 1. The van der Waals surface area contributed by atoms with Gasteiger partial charge in [-0.3, -0.25) is 0 Å². The lowest BCUT2D eigenvalue weighted by Crippen LogP contribution is -2.22. The zero-order valence-electron chi connectivity index (χ0n) is 11.7. The van der Waals surface area contributed by atoms with E-state index in [1.807, 2.05) is 51.1 Å². The highest BCUT2D eigenvalue weighted by Gasteiger charge is 2.15. The third-order valence-corrected chi connectivity index (χ3v) is 2.36. The smallest absolute Gasteiger partial charge is 0.331 e. The fourth-order valence-electron chi connectivity index (χ4n) is 1.69. The fourth-order valence-corrected chi connectivity index (χ4v) is 1.69. The van der Waals surface area contributed by atoms with Crippen LogP contribution in [0.2, 0.25) is 0 Å². The van der Waals surface area contributed by atoms with Crippen LogP contribution < -0.4 is 0 Å². The van der Waals surface area contributed by atoms with Crippen molar-refractivity contribution in [3.63, 3.8) is 0 Å². The van der Waals surface area contributed by atoms with Crippen LogP contribution in [0, 0.1) is 0 Å². The van der Waals surface area contributed by atoms with Gasteiger partial charge >= 0.3 is 5.97 Å². The molecule has 0 unspecified atom stereocenters. The van der Waals surface area contributed by atoms with E-state index in [4.69, 9.17) is 4.74 Å². The maximum Gasteiger partial charge on any atom is 0.331 e. The van der Waals surface area contributed by atoms with Gasteiger partial charge in [0.1, 0.15) is 5.60 Å². The third-order valence-electron chi connectivity index (χ3n) is 2.36. The minimum Gasteiger partial charge on any atom is -0.457 e. The Morgan fingerprint density at radius 1 is 1.22 bits per heavy atom. The van der Waals surface area contributed by atoms with E-state index >= 15 is 0 Å². The summed E-state index contributed by atoms with van der Waals surface area (Å²) < 4.78 is 5.32. The van der Waals surface area contributed by atoms with Gasteiger partial charge in [-0.2, -0.15) is 0 Å². The fraction of sp³-hybridized carbons (Fsp3) is 0.438. The molecule has 1 aromatic rings. The molecule has 0 N–H and O–H groups in total. The van der Waals surface area contributed by atoms with Crippen LogP contribution in [0.4, 0.5) is 0 Å². The summed E-state index contributed by atoms with van der Waals surface area (Å²) in [6.07, 6.45) is 3.50. The lowest BCUT2D eigenvalue weighted by Gasteiger charge is -2.18. The lowest BCUT2D eigenvalue weighted by molar-refractivity contribution is -0.148. The van der Waals surface area contributed by atoms with Crippen molar-refractivity contribution in [2.24, 2.45) is 0 Å². The van der Waals surface area contributed by atoms with Crippen LogP contribution in [0.15, 0.2) is 36.4 Å². The van der Waals surface area contributed by atoms with Crippen LogP contribution >= 0.6 is 0 Å². The van der Waals surface area contributed by atoms with Gasteiger partial charge in [-0.15, -0.1) is 0 Å². The molecule has 2 nitrogen and oxygen atoms in total. The van der Waals surface area contributed by atoms with Crippen LogP contribution in [0.5, 0.6) is 0 Å². The molecule has 0 aromatic heterocycles. The molecule has 0 spiro atoms. The molecule has 0 atom stereocenters. The van der Waals surface area contributed by atoms with E-state index in [1.54, 1.807) is 6.08 Å². The zero-order chi connectivity index (χ0) is 13.6. The molecule has 0 aliphatic rings. The monoisotopic (exact) mass is 246 g/mol. The van der Waals surface area contributed by atoms with E-state index < -0.39 is 5.60 Å². The maximum atomic E-state index is 11.8. The summed E-state index contributed by atoms with van der Waals surface area (Å²) in [6, 6.07) is 9.97. The number of benzene rings is 1.